The van der Waals surface area contributed by atoms with Gasteiger partial charge in [-0.15, -0.1) is 0 Å². The average Bonchev–Trinajstić information content (AvgIpc) is 2.90. The van der Waals surface area contributed by atoms with E-state index in [1.165, 1.54) is 0 Å². The summed E-state index contributed by atoms with van der Waals surface area (Å²) in [5.74, 6) is 1.22. The molecule has 0 aliphatic heterocycles. The van der Waals surface area contributed by atoms with E-state index >= 15 is 0 Å². The summed E-state index contributed by atoms with van der Waals surface area (Å²) in [6.07, 6.45) is 1.60. The lowest BCUT2D eigenvalue weighted by Crippen LogP contribution is -2.12. The van der Waals surface area contributed by atoms with Crippen LogP contribution in [0.2, 0.25) is 0 Å². The largest absolute Gasteiger partial charge is 0.467 e. The number of nitrogens with one attached hydrogen (secondary N) is 2. The predicted molar refractivity (Wildman–Crippen MR) is 68.4 cm³/mol. The van der Waals surface area contributed by atoms with Crippen molar-refractivity contribution in [3.05, 3.63) is 58.8 Å². The van der Waals surface area contributed by atoms with Crippen molar-refractivity contribution in [3.8, 4) is 0 Å². The maximum Gasteiger partial charge on any atom is 0.260 e. The van der Waals surface area contributed by atoms with Crippen molar-refractivity contribution in [2.75, 3.05) is 5.32 Å². The third kappa shape index (κ3) is 1.98. The highest BCUT2D eigenvalue weighted by atomic mass is 16.3. The van der Waals surface area contributed by atoms with Gasteiger partial charge in [0, 0.05) is 0 Å². The molecule has 0 fully saturated rings. The van der Waals surface area contributed by atoms with Crippen LogP contribution in [-0.4, -0.2) is 9.97 Å². The zero-order valence-corrected chi connectivity index (χ0v) is 9.51. The van der Waals surface area contributed by atoms with Gasteiger partial charge in [-0.2, -0.15) is 0 Å². The van der Waals surface area contributed by atoms with E-state index in [-0.39, 0.29) is 5.56 Å². The highest BCUT2D eigenvalue weighted by Gasteiger charge is 2.03. The van der Waals surface area contributed by atoms with Crippen LogP contribution in [0.4, 0.5) is 5.95 Å². The zero-order chi connectivity index (χ0) is 12.4. The number of H-pyrrole nitrogens is 1. The topological polar surface area (TPSA) is 70.9 Å². The first-order chi connectivity index (χ1) is 8.83. The summed E-state index contributed by atoms with van der Waals surface area (Å²) in [6.45, 7) is 0.480. The van der Waals surface area contributed by atoms with Crippen molar-refractivity contribution in [1.29, 1.82) is 0 Å². The normalized spacial score (nSPS) is 10.7. The van der Waals surface area contributed by atoms with Gasteiger partial charge in [0.25, 0.3) is 5.56 Å². The third-order valence-corrected chi connectivity index (χ3v) is 2.62. The van der Waals surface area contributed by atoms with Gasteiger partial charge < -0.3 is 9.73 Å². The first kappa shape index (κ1) is 10.6. The predicted octanol–water partition coefficient (Wildman–Crippen LogP) is 2.13. The van der Waals surface area contributed by atoms with Crippen LogP contribution in [0.5, 0.6) is 0 Å². The second-order valence-electron chi connectivity index (χ2n) is 3.86. The monoisotopic (exact) mass is 241 g/mol. The highest BCUT2D eigenvalue weighted by molar-refractivity contribution is 5.78. The third-order valence-electron chi connectivity index (χ3n) is 2.62. The number of para-hydroxylation sites is 1. The van der Waals surface area contributed by atoms with E-state index in [0.29, 0.717) is 23.4 Å². The molecule has 0 unspecified atom stereocenters. The number of rotatable bonds is 3. The quantitative estimate of drug-likeness (QED) is 0.736. The summed E-state index contributed by atoms with van der Waals surface area (Å²) in [4.78, 5) is 18.8. The van der Waals surface area contributed by atoms with E-state index in [2.05, 4.69) is 15.3 Å². The number of hydrogen-bond donors (Lipinski definition) is 2. The number of fused-ring (bicyclic) bond motifs is 1. The minimum atomic E-state index is -0.150. The number of hydrogen-bond acceptors (Lipinski definition) is 4. The van der Waals surface area contributed by atoms with E-state index in [0.717, 1.165) is 5.76 Å². The van der Waals surface area contributed by atoms with Gasteiger partial charge in [0.1, 0.15) is 5.76 Å². The Morgan fingerprint density at radius 3 is 2.94 bits per heavy atom. The molecule has 0 radical (unpaired) electrons. The second-order valence-corrected chi connectivity index (χ2v) is 3.86. The molecule has 3 aromatic rings. The number of aromatic nitrogens is 2. The highest BCUT2D eigenvalue weighted by Crippen LogP contribution is 2.09. The van der Waals surface area contributed by atoms with Crippen molar-refractivity contribution in [1.82, 2.24) is 9.97 Å². The second kappa shape index (κ2) is 4.37. The van der Waals surface area contributed by atoms with E-state index in [1.54, 1.807) is 12.3 Å². The lowest BCUT2D eigenvalue weighted by Gasteiger charge is -2.04. The van der Waals surface area contributed by atoms with Gasteiger partial charge >= 0.3 is 0 Å². The molecule has 0 aliphatic carbocycles. The Kier molecular flexibility index (Phi) is 2.57. The molecule has 18 heavy (non-hydrogen) atoms. The molecule has 0 spiro atoms. The van der Waals surface area contributed by atoms with E-state index < -0.39 is 0 Å². The fourth-order valence-electron chi connectivity index (χ4n) is 1.75. The Morgan fingerprint density at radius 2 is 2.11 bits per heavy atom. The number of benzene rings is 1. The van der Waals surface area contributed by atoms with Gasteiger partial charge in [-0.25, -0.2) is 4.98 Å². The molecule has 2 N–H and O–H groups in total. The number of nitrogens with zero attached hydrogens (tertiary/aromatic N) is 1. The minimum absolute atomic E-state index is 0.150. The molecule has 0 atom stereocenters. The van der Waals surface area contributed by atoms with E-state index in [9.17, 15) is 4.79 Å². The van der Waals surface area contributed by atoms with Crippen molar-refractivity contribution < 1.29 is 4.42 Å². The number of anilines is 1. The van der Waals surface area contributed by atoms with Crippen molar-refractivity contribution in [2.45, 2.75) is 6.54 Å². The van der Waals surface area contributed by atoms with Crippen LogP contribution in [0.3, 0.4) is 0 Å². The molecule has 0 aliphatic rings. The summed E-state index contributed by atoms with van der Waals surface area (Å²) in [6, 6.07) is 10.9. The number of aromatic amines is 1. The van der Waals surface area contributed by atoms with Gasteiger partial charge in [-0.05, 0) is 24.3 Å². The molecule has 5 heteroatoms. The standard InChI is InChI=1S/C13H11N3O2/c17-12-10-5-1-2-6-11(10)15-13(16-12)14-8-9-4-3-7-18-9/h1-7H,8H2,(H2,14,15,16,17). The summed E-state index contributed by atoms with van der Waals surface area (Å²) >= 11 is 0. The molecule has 1 aromatic carbocycles. The lowest BCUT2D eigenvalue weighted by atomic mass is 10.2. The van der Waals surface area contributed by atoms with Crippen molar-refractivity contribution in [3.63, 3.8) is 0 Å². The molecule has 0 bridgehead atoms. The van der Waals surface area contributed by atoms with Crippen LogP contribution in [0.15, 0.2) is 51.9 Å². The van der Waals surface area contributed by atoms with Crippen molar-refractivity contribution in [2.24, 2.45) is 0 Å². The van der Waals surface area contributed by atoms with Crippen LogP contribution >= 0.6 is 0 Å². The fourth-order valence-corrected chi connectivity index (χ4v) is 1.75. The van der Waals surface area contributed by atoms with Crippen LogP contribution in [-0.2, 0) is 6.54 Å². The van der Waals surface area contributed by atoms with Gasteiger partial charge in [0.2, 0.25) is 5.95 Å². The molecule has 0 saturated carbocycles. The Morgan fingerprint density at radius 1 is 1.22 bits per heavy atom. The lowest BCUT2D eigenvalue weighted by molar-refractivity contribution is 0.517. The zero-order valence-electron chi connectivity index (χ0n) is 9.51. The summed E-state index contributed by atoms with van der Waals surface area (Å²) in [5, 5.41) is 3.60. The Bertz CT molecular complexity index is 716. The molecule has 0 saturated heterocycles. The Hall–Kier alpha value is -2.56. The van der Waals surface area contributed by atoms with Crippen LogP contribution in [0.1, 0.15) is 5.76 Å². The van der Waals surface area contributed by atoms with Crippen LogP contribution < -0.4 is 10.9 Å². The molecule has 3 rings (SSSR count). The molecule has 2 heterocycles. The summed E-state index contributed by atoms with van der Waals surface area (Å²) < 4.78 is 5.19. The van der Waals surface area contributed by atoms with Gasteiger partial charge in [-0.1, -0.05) is 12.1 Å². The molecule has 90 valence electrons. The maximum atomic E-state index is 11.8. The van der Waals surface area contributed by atoms with Gasteiger partial charge in [0.15, 0.2) is 0 Å². The average molecular weight is 241 g/mol. The number of furan rings is 1. The van der Waals surface area contributed by atoms with Crippen LogP contribution in [0.25, 0.3) is 10.9 Å². The Labute approximate surface area is 102 Å². The molecule has 5 nitrogen and oxygen atoms in total. The minimum Gasteiger partial charge on any atom is -0.467 e. The van der Waals surface area contributed by atoms with Crippen LogP contribution in [0, 0.1) is 0 Å². The summed E-state index contributed by atoms with van der Waals surface area (Å²) in [7, 11) is 0. The summed E-state index contributed by atoms with van der Waals surface area (Å²) in [5.41, 5.74) is 0.519. The van der Waals surface area contributed by atoms with E-state index in [4.69, 9.17) is 4.42 Å². The van der Waals surface area contributed by atoms with Crippen molar-refractivity contribution >= 4 is 16.9 Å². The van der Waals surface area contributed by atoms with Gasteiger partial charge in [-0.3, -0.25) is 9.78 Å². The van der Waals surface area contributed by atoms with E-state index in [1.807, 2.05) is 30.3 Å². The van der Waals surface area contributed by atoms with Gasteiger partial charge in [0.05, 0.1) is 23.7 Å². The SMILES string of the molecule is O=c1[nH]c(NCc2ccco2)nc2ccccc12. The smallest absolute Gasteiger partial charge is 0.260 e. The molecular formula is C13H11N3O2. The first-order valence-corrected chi connectivity index (χ1v) is 5.58. The molecule has 2 aromatic heterocycles. The first-order valence-electron chi connectivity index (χ1n) is 5.58. The molecule has 0 amide bonds. The maximum absolute atomic E-state index is 11.8. The Balaban J connectivity index is 1.91. The fraction of sp³-hybridized carbons (Fsp3) is 0.0769. The molecular weight excluding hydrogens is 230 g/mol.